The standard InChI is InChI=1S/C6H3ClFNO/c7-5-1-4(6(8)10)2-9-3-5/h1-3H. The van der Waals surface area contributed by atoms with E-state index in [1.54, 1.807) is 0 Å². The predicted octanol–water partition coefficient (Wildman–Crippen LogP) is 1.84. The van der Waals surface area contributed by atoms with Gasteiger partial charge in [-0.2, -0.15) is 4.39 Å². The van der Waals surface area contributed by atoms with Crippen LogP contribution in [0.25, 0.3) is 0 Å². The first-order valence-corrected chi connectivity index (χ1v) is 2.88. The molecule has 0 N–H and O–H groups in total. The van der Waals surface area contributed by atoms with Crippen LogP contribution in [0.4, 0.5) is 4.39 Å². The Morgan fingerprint density at radius 1 is 1.60 bits per heavy atom. The fourth-order valence-electron chi connectivity index (χ4n) is 0.519. The Morgan fingerprint density at radius 2 is 2.30 bits per heavy atom. The van der Waals surface area contributed by atoms with Crippen LogP contribution >= 0.6 is 11.6 Å². The molecule has 0 fully saturated rings. The Hall–Kier alpha value is -0.960. The number of hydrogen-bond donors (Lipinski definition) is 0. The highest BCUT2D eigenvalue weighted by Gasteiger charge is 2.02. The van der Waals surface area contributed by atoms with Gasteiger partial charge in [0.1, 0.15) is 0 Å². The van der Waals surface area contributed by atoms with E-state index in [9.17, 15) is 9.18 Å². The van der Waals surface area contributed by atoms with Crippen molar-refractivity contribution < 1.29 is 9.18 Å². The maximum atomic E-state index is 11.9. The zero-order valence-electron chi connectivity index (χ0n) is 4.84. The van der Waals surface area contributed by atoms with Gasteiger partial charge in [-0.15, -0.1) is 0 Å². The summed E-state index contributed by atoms with van der Waals surface area (Å²) < 4.78 is 11.9. The Morgan fingerprint density at radius 3 is 2.70 bits per heavy atom. The van der Waals surface area contributed by atoms with Gasteiger partial charge in [-0.3, -0.25) is 9.78 Å². The van der Waals surface area contributed by atoms with Crippen molar-refractivity contribution in [2.75, 3.05) is 0 Å². The van der Waals surface area contributed by atoms with Gasteiger partial charge in [0.05, 0.1) is 10.6 Å². The van der Waals surface area contributed by atoms with Crippen molar-refractivity contribution in [3.63, 3.8) is 0 Å². The van der Waals surface area contributed by atoms with Crippen LogP contribution in [0.15, 0.2) is 18.5 Å². The lowest BCUT2D eigenvalue weighted by Crippen LogP contribution is -1.89. The van der Waals surface area contributed by atoms with Crippen molar-refractivity contribution in [3.8, 4) is 0 Å². The van der Waals surface area contributed by atoms with E-state index in [1.807, 2.05) is 0 Å². The van der Waals surface area contributed by atoms with E-state index < -0.39 is 6.04 Å². The van der Waals surface area contributed by atoms with Gasteiger partial charge >= 0.3 is 6.04 Å². The summed E-state index contributed by atoms with van der Waals surface area (Å²) in [7, 11) is 0. The first-order chi connectivity index (χ1) is 4.70. The van der Waals surface area contributed by atoms with Gasteiger partial charge in [-0.25, -0.2) is 0 Å². The quantitative estimate of drug-likeness (QED) is 0.586. The van der Waals surface area contributed by atoms with Gasteiger partial charge in [0.2, 0.25) is 0 Å². The molecular weight excluding hydrogens is 157 g/mol. The largest absolute Gasteiger partial charge is 0.333 e. The number of carbonyl (C=O) groups is 1. The van der Waals surface area contributed by atoms with E-state index in [4.69, 9.17) is 11.6 Å². The van der Waals surface area contributed by atoms with Crippen molar-refractivity contribution in [2.45, 2.75) is 0 Å². The van der Waals surface area contributed by atoms with Crippen LogP contribution in [-0.4, -0.2) is 11.0 Å². The Labute approximate surface area is 61.6 Å². The summed E-state index contributed by atoms with van der Waals surface area (Å²) in [6, 6.07) is -0.299. The molecule has 0 spiro atoms. The lowest BCUT2D eigenvalue weighted by atomic mass is 10.3. The highest BCUT2D eigenvalue weighted by molar-refractivity contribution is 6.30. The predicted molar refractivity (Wildman–Crippen MR) is 34.7 cm³/mol. The molecule has 0 saturated heterocycles. The minimum atomic E-state index is -1.52. The first kappa shape index (κ1) is 7.15. The minimum absolute atomic E-state index is 0.118. The van der Waals surface area contributed by atoms with Gasteiger partial charge in [0, 0.05) is 12.4 Å². The minimum Gasteiger partial charge on any atom is -0.262 e. The number of nitrogens with zero attached hydrogens (tertiary/aromatic N) is 1. The van der Waals surface area contributed by atoms with E-state index in [2.05, 4.69) is 4.98 Å². The molecule has 0 amide bonds. The smallest absolute Gasteiger partial charge is 0.262 e. The van der Waals surface area contributed by atoms with E-state index in [1.165, 1.54) is 12.3 Å². The molecule has 10 heavy (non-hydrogen) atoms. The molecule has 0 bridgehead atoms. The summed E-state index contributed by atoms with van der Waals surface area (Å²) in [5, 5.41) is 0.253. The molecule has 1 heterocycles. The Bertz CT molecular complexity index is 264. The third-order valence-electron chi connectivity index (χ3n) is 0.932. The third-order valence-corrected chi connectivity index (χ3v) is 1.14. The second kappa shape index (κ2) is 2.75. The van der Waals surface area contributed by atoms with Crippen LogP contribution in [-0.2, 0) is 0 Å². The number of carbonyl (C=O) groups excluding carboxylic acids is 1. The van der Waals surface area contributed by atoms with Crippen LogP contribution in [0.2, 0.25) is 5.02 Å². The maximum absolute atomic E-state index is 11.9. The molecular formula is C6H3ClFNO. The SMILES string of the molecule is O=C(F)c1cncc(Cl)c1. The molecule has 0 saturated carbocycles. The molecule has 0 aliphatic carbocycles. The number of halogens is 2. The number of aromatic nitrogens is 1. The monoisotopic (exact) mass is 159 g/mol. The van der Waals surface area contributed by atoms with Crippen molar-refractivity contribution in [2.24, 2.45) is 0 Å². The summed E-state index contributed by atoms with van der Waals surface area (Å²) >= 11 is 5.41. The van der Waals surface area contributed by atoms with Crippen LogP contribution < -0.4 is 0 Å². The van der Waals surface area contributed by atoms with Crippen LogP contribution in [0, 0.1) is 0 Å². The van der Waals surface area contributed by atoms with Crippen molar-refractivity contribution >= 4 is 17.6 Å². The number of hydrogen-bond acceptors (Lipinski definition) is 2. The second-order valence-corrected chi connectivity index (χ2v) is 2.10. The normalized spacial score (nSPS) is 9.40. The summed E-state index contributed by atoms with van der Waals surface area (Å²) in [5.41, 5.74) is -0.118. The van der Waals surface area contributed by atoms with Gasteiger partial charge < -0.3 is 0 Å². The van der Waals surface area contributed by atoms with Gasteiger partial charge in [-0.1, -0.05) is 11.6 Å². The molecule has 0 radical (unpaired) electrons. The maximum Gasteiger partial charge on any atom is 0.333 e. The van der Waals surface area contributed by atoms with E-state index in [-0.39, 0.29) is 10.6 Å². The molecule has 1 rings (SSSR count). The lowest BCUT2D eigenvalue weighted by molar-refractivity contribution is 0.0835. The van der Waals surface area contributed by atoms with Crippen LogP contribution in [0.3, 0.4) is 0 Å². The molecule has 52 valence electrons. The number of rotatable bonds is 1. The zero-order chi connectivity index (χ0) is 7.56. The fourth-order valence-corrected chi connectivity index (χ4v) is 0.693. The highest BCUT2D eigenvalue weighted by atomic mass is 35.5. The van der Waals surface area contributed by atoms with Gasteiger partial charge in [0.25, 0.3) is 0 Å². The van der Waals surface area contributed by atoms with Crippen LogP contribution in [0.5, 0.6) is 0 Å². The molecule has 1 aromatic heterocycles. The van der Waals surface area contributed by atoms with Gasteiger partial charge in [-0.05, 0) is 6.07 Å². The summed E-state index contributed by atoms with van der Waals surface area (Å²) in [6.45, 7) is 0. The highest BCUT2D eigenvalue weighted by Crippen LogP contribution is 2.08. The summed E-state index contributed by atoms with van der Waals surface area (Å²) in [5.74, 6) is 0. The van der Waals surface area contributed by atoms with Crippen molar-refractivity contribution in [1.82, 2.24) is 4.98 Å². The topological polar surface area (TPSA) is 30.0 Å². The average molecular weight is 160 g/mol. The van der Waals surface area contributed by atoms with Crippen molar-refractivity contribution in [1.29, 1.82) is 0 Å². The van der Waals surface area contributed by atoms with E-state index in [0.717, 1.165) is 6.20 Å². The molecule has 0 aliphatic rings. The lowest BCUT2D eigenvalue weighted by Gasteiger charge is -1.89. The summed E-state index contributed by atoms with van der Waals surface area (Å²) in [6.07, 6.45) is 2.45. The van der Waals surface area contributed by atoms with Gasteiger partial charge in [0.15, 0.2) is 0 Å². The Balaban J connectivity index is 3.07. The van der Waals surface area contributed by atoms with E-state index in [0.29, 0.717) is 0 Å². The van der Waals surface area contributed by atoms with E-state index >= 15 is 0 Å². The molecule has 0 unspecified atom stereocenters. The molecule has 0 atom stereocenters. The summed E-state index contributed by atoms with van der Waals surface area (Å²) in [4.78, 5) is 13.5. The molecule has 4 heteroatoms. The van der Waals surface area contributed by atoms with Crippen molar-refractivity contribution in [3.05, 3.63) is 29.0 Å². The fraction of sp³-hybridized carbons (Fsp3) is 0. The Kier molecular flexibility index (Phi) is 1.97. The molecule has 0 aromatic carbocycles. The first-order valence-electron chi connectivity index (χ1n) is 2.50. The third kappa shape index (κ3) is 1.51. The zero-order valence-corrected chi connectivity index (χ0v) is 5.60. The second-order valence-electron chi connectivity index (χ2n) is 1.67. The molecule has 0 aliphatic heterocycles. The molecule has 1 aromatic rings. The molecule has 2 nitrogen and oxygen atoms in total. The van der Waals surface area contributed by atoms with Crippen LogP contribution in [0.1, 0.15) is 10.4 Å². The average Bonchev–Trinajstić information content (AvgIpc) is 1.88. The number of pyridine rings is 1.